The van der Waals surface area contributed by atoms with Gasteiger partial charge in [-0.05, 0) is 5.56 Å². The molecule has 0 fully saturated rings. The van der Waals surface area contributed by atoms with E-state index in [0.717, 1.165) is 0 Å². The standard InChI is InChI=1S/C10H13Cl.Mg.2H/c1-10(2,8-11)9-6-4-3-5-7-9;;;/h3-7H,8H2,1-2H3;;;/q;+2;2*-1. The van der Waals surface area contributed by atoms with Crippen LogP contribution < -0.4 is 0 Å². The monoisotopic (exact) mass is 194 g/mol. The van der Waals surface area contributed by atoms with Gasteiger partial charge in [-0.1, -0.05) is 44.2 Å². The molecule has 0 spiro atoms. The molecule has 1 rings (SSSR count). The second-order valence-electron chi connectivity index (χ2n) is 3.38. The van der Waals surface area contributed by atoms with E-state index in [1.54, 1.807) is 0 Å². The fourth-order valence-corrected chi connectivity index (χ4v) is 1.12. The average Bonchev–Trinajstić information content (AvgIpc) is 2.06. The van der Waals surface area contributed by atoms with Crippen molar-refractivity contribution >= 4 is 34.7 Å². The van der Waals surface area contributed by atoms with Crippen molar-refractivity contribution in [3.63, 3.8) is 0 Å². The summed E-state index contributed by atoms with van der Waals surface area (Å²) in [6, 6.07) is 10.3. The minimum atomic E-state index is 0. The zero-order valence-corrected chi connectivity index (χ0v) is 9.85. The summed E-state index contributed by atoms with van der Waals surface area (Å²) in [5, 5.41) is 0. The van der Waals surface area contributed by atoms with Crippen molar-refractivity contribution < 1.29 is 2.85 Å². The summed E-state index contributed by atoms with van der Waals surface area (Å²) in [6.07, 6.45) is 0. The minimum Gasteiger partial charge on any atom is -1.00 e. The summed E-state index contributed by atoms with van der Waals surface area (Å²) in [5.41, 5.74) is 1.40. The second-order valence-corrected chi connectivity index (χ2v) is 3.65. The Balaban J connectivity index is -0.000000403. The number of halogens is 1. The van der Waals surface area contributed by atoms with E-state index in [2.05, 4.69) is 26.0 Å². The van der Waals surface area contributed by atoms with Crippen LogP contribution in [0.15, 0.2) is 30.3 Å². The van der Waals surface area contributed by atoms with E-state index < -0.39 is 0 Å². The topological polar surface area (TPSA) is 0 Å². The maximum Gasteiger partial charge on any atom is 2.00 e. The first kappa shape index (κ1) is 12.3. The van der Waals surface area contributed by atoms with E-state index in [1.165, 1.54) is 5.56 Å². The molecule has 0 aliphatic heterocycles. The maximum absolute atomic E-state index is 5.83. The van der Waals surface area contributed by atoms with Gasteiger partial charge in [-0.15, -0.1) is 11.6 Å². The normalized spacial score (nSPS) is 10.6. The summed E-state index contributed by atoms with van der Waals surface area (Å²) in [6.45, 7) is 4.30. The maximum atomic E-state index is 5.83. The fourth-order valence-electron chi connectivity index (χ4n) is 0.966. The number of benzene rings is 1. The first-order valence-corrected chi connectivity index (χ1v) is 4.32. The number of alkyl halides is 1. The van der Waals surface area contributed by atoms with Gasteiger partial charge in [0.25, 0.3) is 0 Å². The van der Waals surface area contributed by atoms with Crippen LogP contribution in [0.3, 0.4) is 0 Å². The molecule has 1 aromatic carbocycles. The molecule has 2 heteroatoms. The Bertz CT molecular complexity index is 227. The Kier molecular flexibility index (Phi) is 5.22. The summed E-state index contributed by atoms with van der Waals surface area (Å²) in [5.74, 6) is 0.664. The van der Waals surface area contributed by atoms with Crippen LogP contribution in [-0.4, -0.2) is 28.9 Å². The molecule has 1 aromatic rings. The Morgan fingerprint density at radius 3 is 2.17 bits per heavy atom. The van der Waals surface area contributed by atoms with Crippen LogP contribution in [-0.2, 0) is 5.41 Å². The average molecular weight is 195 g/mol. The van der Waals surface area contributed by atoms with Gasteiger partial charge in [-0.3, -0.25) is 0 Å². The van der Waals surface area contributed by atoms with E-state index in [1.807, 2.05) is 18.2 Å². The molecule has 0 heterocycles. The van der Waals surface area contributed by atoms with Gasteiger partial charge in [0.05, 0.1) is 0 Å². The van der Waals surface area contributed by atoms with Gasteiger partial charge < -0.3 is 2.85 Å². The third-order valence-corrected chi connectivity index (χ3v) is 2.56. The van der Waals surface area contributed by atoms with Crippen molar-refractivity contribution in [3.8, 4) is 0 Å². The molecule has 0 aliphatic rings. The van der Waals surface area contributed by atoms with Gasteiger partial charge in [0, 0.05) is 11.3 Å². The van der Waals surface area contributed by atoms with Crippen LogP contribution in [0.2, 0.25) is 0 Å². The van der Waals surface area contributed by atoms with Gasteiger partial charge in [-0.2, -0.15) is 0 Å². The number of hydrogen-bond acceptors (Lipinski definition) is 0. The number of hydrogen-bond donors (Lipinski definition) is 0. The molecule has 0 saturated carbocycles. The van der Waals surface area contributed by atoms with E-state index >= 15 is 0 Å². The van der Waals surface area contributed by atoms with Gasteiger partial charge in [0.15, 0.2) is 0 Å². The van der Waals surface area contributed by atoms with Crippen LogP contribution in [0.1, 0.15) is 22.3 Å². The van der Waals surface area contributed by atoms with Crippen LogP contribution in [0.25, 0.3) is 0 Å². The molecule has 0 saturated heterocycles. The SMILES string of the molecule is CC(C)(CCl)c1ccccc1.[H-].[H-].[Mg+2]. The van der Waals surface area contributed by atoms with Crippen molar-refractivity contribution in [2.75, 3.05) is 5.88 Å². The van der Waals surface area contributed by atoms with Gasteiger partial charge in [0.1, 0.15) is 0 Å². The zero-order chi connectivity index (χ0) is 8.32. The predicted octanol–water partition coefficient (Wildman–Crippen LogP) is 3.05. The van der Waals surface area contributed by atoms with E-state index in [9.17, 15) is 0 Å². The summed E-state index contributed by atoms with van der Waals surface area (Å²) in [4.78, 5) is 0. The van der Waals surface area contributed by atoms with Crippen molar-refractivity contribution in [2.24, 2.45) is 0 Å². The molecule has 0 nitrogen and oxygen atoms in total. The molecule has 0 radical (unpaired) electrons. The molecular weight excluding hydrogens is 180 g/mol. The molecule has 0 atom stereocenters. The molecule has 0 aromatic heterocycles. The Morgan fingerprint density at radius 2 is 1.75 bits per heavy atom. The van der Waals surface area contributed by atoms with Crippen molar-refractivity contribution in [1.29, 1.82) is 0 Å². The zero-order valence-electron chi connectivity index (χ0n) is 9.68. The third kappa shape index (κ3) is 2.96. The first-order chi connectivity index (χ1) is 5.17. The molecule has 64 valence electrons. The second kappa shape index (κ2) is 5.10. The van der Waals surface area contributed by atoms with E-state index in [0.29, 0.717) is 5.88 Å². The predicted molar refractivity (Wildman–Crippen MR) is 58.2 cm³/mol. The third-order valence-electron chi connectivity index (χ3n) is 1.89. The molecule has 0 aliphatic carbocycles. The smallest absolute Gasteiger partial charge is 1.00 e. The molecule has 0 amide bonds. The van der Waals surface area contributed by atoms with Gasteiger partial charge in [-0.25, -0.2) is 0 Å². The molecule has 0 unspecified atom stereocenters. The van der Waals surface area contributed by atoms with Gasteiger partial charge >= 0.3 is 23.1 Å². The van der Waals surface area contributed by atoms with Gasteiger partial charge in [0.2, 0.25) is 0 Å². The largest absolute Gasteiger partial charge is 2.00 e. The van der Waals surface area contributed by atoms with Crippen LogP contribution in [0.5, 0.6) is 0 Å². The van der Waals surface area contributed by atoms with E-state index in [-0.39, 0.29) is 31.3 Å². The van der Waals surface area contributed by atoms with Crippen molar-refractivity contribution in [3.05, 3.63) is 35.9 Å². The van der Waals surface area contributed by atoms with Crippen LogP contribution >= 0.6 is 11.6 Å². The first-order valence-electron chi connectivity index (χ1n) is 3.78. The number of rotatable bonds is 2. The quantitative estimate of drug-likeness (QED) is 0.502. The Morgan fingerprint density at radius 1 is 1.25 bits per heavy atom. The Labute approximate surface area is 98.4 Å². The summed E-state index contributed by atoms with van der Waals surface area (Å²) < 4.78 is 0. The van der Waals surface area contributed by atoms with E-state index in [4.69, 9.17) is 11.6 Å². The minimum absolute atomic E-state index is 0. The van der Waals surface area contributed by atoms with Crippen molar-refractivity contribution in [2.45, 2.75) is 19.3 Å². The molecule has 0 bridgehead atoms. The van der Waals surface area contributed by atoms with Crippen LogP contribution in [0.4, 0.5) is 0 Å². The fraction of sp³-hybridized carbons (Fsp3) is 0.400. The summed E-state index contributed by atoms with van der Waals surface area (Å²) in [7, 11) is 0. The van der Waals surface area contributed by atoms with Crippen LogP contribution in [0, 0.1) is 0 Å². The molecular formula is C10H15ClMg. The molecule has 12 heavy (non-hydrogen) atoms. The Hall–Kier alpha value is 0.276. The molecule has 0 N–H and O–H groups in total. The summed E-state index contributed by atoms with van der Waals surface area (Å²) >= 11 is 5.83. The van der Waals surface area contributed by atoms with Crippen molar-refractivity contribution in [1.82, 2.24) is 0 Å².